The third-order valence-electron chi connectivity index (χ3n) is 2.46. The molecular formula is C14H16N4O. The van der Waals surface area contributed by atoms with Gasteiger partial charge in [-0.25, -0.2) is 9.97 Å². The molecule has 2 aromatic rings. The number of hydrogen-bond acceptors (Lipinski definition) is 4. The third kappa shape index (κ3) is 4.06. The predicted octanol–water partition coefficient (Wildman–Crippen LogP) is 2.14. The van der Waals surface area contributed by atoms with E-state index in [4.69, 9.17) is 0 Å². The van der Waals surface area contributed by atoms with Gasteiger partial charge in [0.05, 0.1) is 6.54 Å². The van der Waals surface area contributed by atoms with Crippen molar-refractivity contribution >= 4 is 17.5 Å². The lowest BCUT2D eigenvalue weighted by atomic mass is 10.3. The van der Waals surface area contributed by atoms with Gasteiger partial charge in [-0.3, -0.25) is 10.1 Å². The van der Waals surface area contributed by atoms with Gasteiger partial charge in [-0.05, 0) is 32.0 Å². The van der Waals surface area contributed by atoms with Crippen LogP contribution in [0.3, 0.4) is 0 Å². The van der Waals surface area contributed by atoms with E-state index in [1.807, 2.05) is 50.2 Å². The maximum Gasteiger partial charge on any atom is 0.246 e. The number of amides is 1. The molecule has 0 radical (unpaired) electrons. The molecule has 1 amide bonds. The first kappa shape index (κ1) is 13.0. The summed E-state index contributed by atoms with van der Waals surface area (Å²) in [5.74, 6) is 0.172. The topological polar surface area (TPSA) is 66.9 Å². The van der Waals surface area contributed by atoms with E-state index < -0.39 is 0 Å². The molecule has 0 unspecified atom stereocenters. The second-order valence-corrected chi connectivity index (χ2v) is 4.24. The number of rotatable bonds is 4. The van der Waals surface area contributed by atoms with Gasteiger partial charge >= 0.3 is 0 Å². The SMILES string of the molecule is Cc1cc(C)nc(NC(=O)CNc2ccccc2)n1. The van der Waals surface area contributed by atoms with Gasteiger partial charge in [0.25, 0.3) is 0 Å². The number of para-hydroxylation sites is 1. The predicted molar refractivity (Wildman–Crippen MR) is 75.1 cm³/mol. The summed E-state index contributed by atoms with van der Waals surface area (Å²) in [6, 6.07) is 11.4. The van der Waals surface area contributed by atoms with Crippen LogP contribution in [-0.4, -0.2) is 22.4 Å². The molecule has 0 aliphatic carbocycles. The Bertz CT molecular complexity index is 549. The molecule has 19 heavy (non-hydrogen) atoms. The number of aromatic nitrogens is 2. The van der Waals surface area contributed by atoms with Crippen molar-refractivity contribution in [3.63, 3.8) is 0 Å². The zero-order chi connectivity index (χ0) is 13.7. The first-order chi connectivity index (χ1) is 9.13. The zero-order valence-electron chi connectivity index (χ0n) is 11.0. The zero-order valence-corrected chi connectivity index (χ0v) is 11.0. The van der Waals surface area contributed by atoms with E-state index in [0.29, 0.717) is 5.95 Å². The summed E-state index contributed by atoms with van der Waals surface area (Å²) in [4.78, 5) is 20.1. The van der Waals surface area contributed by atoms with E-state index in [0.717, 1.165) is 17.1 Å². The Balaban J connectivity index is 1.91. The highest BCUT2D eigenvalue weighted by atomic mass is 16.2. The minimum Gasteiger partial charge on any atom is -0.376 e. The van der Waals surface area contributed by atoms with E-state index in [2.05, 4.69) is 20.6 Å². The molecule has 2 N–H and O–H groups in total. The molecule has 0 saturated carbocycles. The van der Waals surface area contributed by atoms with Crippen LogP contribution in [0.15, 0.2) is 36.4 Å². The Morgan fingerprint density at radius 1 is 1.11 bits per heavy atom. The highest BCUT2D eigenvalue weighted by Crippen LogP contribution is 2.05. The molecular weight excluding hydrogens is 240 g/mol. The standard InChI is InChI=1S/C14H16N4O/c1-10-8-11(2)17-14(16-10)18-13(19)9-15-12-6-4-3-5-7-12/h3-8,15H,9H2,1-2H3,(H,16,17,18,19). The number of aryl methyl sites for hydroxylation is 2. The van der Waals surface area contributed by atoms with Crippen molar-refractivity contribution < 1.29 is 4.79 Å². The van der Waals surface area contributed by atoms with Gasteiger partial charge in [0.15, 0.2) is 0 Å². The molecule has 0 saturated heterocycles. The maximum atomic E-state index is 11.8. The van der Waals surface area contributed by atoms with Gasteiger partial charge in [-0.1, -0.05) is 18.2 Å². The van der Waals surface area contributed by atoms with Gasteiger partial charge in [-0.15, -0.1) is 0 Å². The van der Waals surface area contributed by atoms with Crippen molar-refractivity contribution in [2.75, 3.05) is 17.2 Å². The van der Waals surface area contributed by atoms with Crippen LogP contribution in [0.1, 0.15) is 11.4 Å². The van der Waals surface area contributed by atoms with Gasteiger partial charge in [0.2, 0.25) is 11.9 Å². The van der Waals surface area contributed by atoms with E-state index >= 15 is 0 Å². The highest BCUT2D eigenvalue weighted by Gasteiger charge is 2.05. The minimum absolute atomic E-state index is 0.172. The average Bonchev–Trinajstić information content (AvgIpc) is 2.36. The van der Waals surface area contributed by atoms with Crippen LogP contribution in [0, 0.1) is 13.8 Å². The molecule has 0 aliphatic rings. The molecule has 1 heterocycles. The van der Waals surface area contributed by atoms with E-state index in [1.165, 1.54) is 0 Å². The van der Waals surface area contributed by atoms with Gasteiger partial charge < -0.3 is 5.32 Å². The number of nitrogens with one attached hydrogen (secondary N) is 2. The van der Waals surface area contributed by atoms with Gasteiger partial charge in [0.1, 0.15) is 0 Å². The molecule has 0 spiro atoms. The molecule has 0 bridgehead atoms. The van der Waals surface area contributed by atoms with Gasteiger partial charge in [0, 0.05) is 17.1 Å². The molecule has 2 rings (SSSR count). The van der Waals surface area contributed by atoms with Crippen LogP contribution < -0.4 is 10.6 Å². The second kappa shape index (κ2) is 5.95. The lowest BCUT2D eigenvalue weighted by molar-refractivity contribution is -0.114. The molecule has 98 valence electrons. The van der Waals surface area contributed by atoms with Crippen LogP contribution in [0.25, 0.3) is 0 Å². The third-order valence-corrected chi connectivity index (χ3v) is 2.46. The van der Waals surface area contributed by atoms with Crippen molar-refractivity contribution in [1.29, 1.82) is 0 Å². The molecule has 5 heteroatoms. The normalized spacial score (nSPS) is 10.0. The number of hydrogen-bond donors (Lipinski definition) is 2. The quantitative estimate of drug-likeness (QED) is 0.879. The Labute approximate surface area is 112 Å². The number of nitrogens with zero attached hydrogens (tertiary/aromatic N) is 2. The summed E-state index contributed by atoms with van der Waals surface area (Å²) < 4.78 is 0. The number of benzene rings is 1. The minimum atomic E-state index is -0.172. The molecule has 5 nitrogen and oxygen atoms in total. The van der Waals surface area contributed by atoms with Crippen LogP contribution in [0.5, 0.6) is 0 Å². The first-order valence-corrected chi connectivity index (χ1v) is 6.04. The maximum absolute atomic E-state index is 11.8. The van der Waals surface area contributed by atoms with Crippen molar-refractivity contribution in [2.24, 2.45) is 0 Å². The molecule has 0 aliphatic heterocycles. The fourth-order valence-corrected chi connectivity index (χ4v) is 1.69. The van der Waals surface area contributed by atoms with E-state index in [-0.39, 0.29) is 12.5 Å². The molecule has 1 aromatic carbocycles. The van der Waals surface area contributed by atoms with E-state index in [9.17, 15) is 4.79 Å². The van der Waals surface area contributed by atoms with Crippen LogP contribution in [0.2, 0.25) is 0 Å². The lowest BCUT2D eigenvalue weighted by Crippen LogP contribution is -2.23. The fraction of sp³-hybridized carbons (Fsp3) is 0.214. The van der Waals surface area contributed by atoms with Gasteiger partial charge in [-0.2, -0.15) is 0 Å². The molecule has 1 aromatic heterocycles. The van der Waals surface area contributed by atoms with Crippen molar-refractivity contribution in [1.82, 2.24) is 9.97 Å². The highest BCUT2D eigenvalue weighted by molar-refractivity contribution is 5.92. The largest absolute Gasteiger partial charge is 0.376 e. The van der Waals surface area contributed by atoms with Crippen molar-refractivity contribution in [3.05, 3.63) is 47.8 Å². The van der Waals surface area contributed by atoms with E-state index in [1.54, 1.807) is 0 Å². The molecule has 0 fully saturated rings. The van der Waals surface area contributed by atoms with Crippen molar-refractivity contribution in [3.8, 4) is 0 Å². The summed E-state index contributed by atoms with van der Waals surface area (Å²) >= 11 is 0. The fourth-order valence-electron chi connectivity index (χ4n) is 1.69. The first-order valence-electron chi connectivity index (χ1n) is 6.04. The summed E-state index contributed by atoms with van der Waals surface area (Å²) in [6.45, 7) is 3.92. The smallest absolute Gasteiger partial charge is 0.246 e. The van der Waals surface area contributed by atoms with Crippen LogP contribution in [0.4, 0.5) is 11.6 Å². The Morgan fingerprint density at radius 2 is 1.74 bits per heavy atom. The lowest BCUT2D eigenvalue weighted by Gasteiger charge is -2.07. The summed E-state index contributed by atoms with van der Waals surface area (Å²) in [7, 11) is 0. The Hall–Kier alpha value is -2.43. The van der Waals surface area contributed by atoms with Crippen LogP contribution in [-0.2, 0) is 4.79 Å². The Kier molecular flexibility index (Phi) is 4.07. The second-order valence-electron chi connectivity index (χ2n) is 4.24. The summed E-state index contributed by atoms with van der Waals surface area (Å²) in [5, 5.41) is 5.70. The number of carbonyl (C=O) groups is 1. The van der Waals surface area contributed by atoms with Crippen LogP contribution >= 0.6 is 0 Å². The van der Waals surface area contributed by atoms with Crippen molar-refractivity contribution in [2.45, 2.75) is 13.8 Å². The monoisotopic (exact) mass is 256 g/mol. The number of anilines is 2. The number of carbonyl (C=O) groups excluding carboxylic acids is 1. The Morgan fingerprint density at radius 3 is 2.37 bits per heavy atom. The summed E-state index contributed by atoms with van der Waals surface area (Å²) in [6.07, 6.45) is 0. The summed E-state index contributed by atoms with van der Waals surface area (Å²) in [5.41, 5.74) is 2.57. The molecule has 0 atom stereocenters. The average molecular weight is 256 g/mol.